The summed E-state index contributed by atoms with van der Waals surface area (Å²) in [6, 6.07) is 9.50. The summed E-state index contributed by atoms with van der Waals surface area (Å²) >= 11 is 2.93. The fourth-order valence-corrected chi connectivity index (χ4v) is 5.34. The van der Waals surface area contributed by atoms with E-state index >= 15 is 0 Å². The highest BCUT2D eigenvalue weighted by Crippen LogP contribution is 2.31. The van der Waals surface area contributed by atoms with E-state index in [9.17, 15) is 9.59 Å². The van der Waals surface area contributed by atoms with Gasteiger partial charge < -0.3 is 4.74 Å². The van der Waals surface area contributed by atoms with Crippen LogP contribution in [0.2, 0.25) is 0 Å². The van der Waals surface area contributed by atoms with Gasteiger partial charge in [0.05, 0.1) is 28.5 Å². The number of benzene rings is 1. The number of thiophene rings is 1. The van der Waals surface area contributed by atoms with Gasteiger partial charge in [0, 0.05) is 0 Å². The first-order valence-corrected chi connectivity index (χ1v) is 12.0. The number of hydrogen-bond donors (Lipinski definition) is 0. The van der Waals surface area contributed by atoms with Crippen LogP contribution in [-0.4, -0.2) is 17.1 Å². The average molecular weight is 453 g/mol. The zero-order valence-corrected chi connectivity index (χ0v) is 19.5. The van der Waals surface area contributed by atoms with E-state index in [2.05, 4.69) is 31.0 Å². The largest absolute Gasteiger partial charge is 0.463 e. The fraction of sp³-hybridized carbons (Fsp3) is 0.292. The van der Waals surface area contributed by atoms with Gasteiger partial charge in [-0.1, -0.05) is 49.4 Å². The standard InChI is InChI=1S/C24H24N2O3S2/c1-5-29-23(28)20-15(4)25-24-26(21(20)18-8-6-17(7-9-18)14(2)3)22(27)19(31-24)12-16-10-11-30-13-16/h6-14,21H,5H2,1-4H3/t21-/m1/s1. The Bertz CT molecular complexity index is 1310. The van der Waals surface area contributed by atoms with Gasteiger partial charge in [-0.25, -0.2) is 9.79 Å². The maximum absolute atomic E-state index is 13.4. The van der Waals surface area contributed by atoms with Gasteiger partial charge in [0.2, 0.25) is 0 Å². The van der Waals surface area contributed by atoms with Gasteiger partial charge >= 0.3 is 5.97 Å². The number of fused-ring (bicyclic) bond motifs is 1. The normalized spacial score (nSPS) is 16.4. The Morgan fingerprint density at radius 3 is 2.61 bits per heavy atom. The predicted molar refractivity (Wildman–Crippen MR) is 125 cm³/mol. The number of ether oxygens (including phenoxy) is 1. The second-order valence-electron chi connectivity index (χ2n) is 7.68. The summed E-state index contributed by atoms with van der Waals surface area (Å²) in [6.45, 7) is 8.11. The van der Waals surface area contributed by atoms with E-state index < -0.39 is 12.0 Å². The number of thiazole rings is 1. The highest BCUT2D eigenvalue weighted by Gasteiger charge is 2.33. The second-order valence-corrected chi connectivity index (χ2v) is 9.47. The number of carbonyl (C=O) groups is 1. The van der Waals surface area contributed by atoms with Crippen LogP contribution in [0.15, 0.2) is 62.1 Å². The topological polar surface area (TPSA) is 60.7 Å². The van der Waals surface area contributed by atoms with Gasteiger partial charge in [-0.05, 0) is 59.4 Å². The van der Waals surface area contributed by atoms with E-state index in [4.69, 9.17) is 4.74 Å². The first-order chi connectivity index (χ1) is 14.9. The minimum absolute atomic E-state index is 0.151. The molecule has 1 aromatic carbocycles. The van der Waals surface area contributed by atoms with Crippen LogP contribution in [0, 0.1) is 0 Å². The van der Waals surface area contributed by atoms with Crippen LogP contribution in [0.4, 0.5) is 0 Å². The van der Waals surface area contributed by atoms with Crippen molar-refractivity contribution in [1.29, 1.82) is 0 Å². The molecule has 1 aliphatic heterocycles. The number of esters is 1. The van der Waals surface area contributed by atoms with Gasteiger partial charge in [-0.2, -0.15) is 11.3 Å². The van der Waals surface area contributed by atoms with Crippen molar-refractivity contribution < 1.29 is 9.53 Å². The Morgan fingerprint density at radius 1 is 1.26 bits per heavy atom. The fourth-order valence-electron chi connectivity index (χ4n) is 3.68. The molecule has 0 spiro atoms. The SMILES string of the molecule is CCOC(=O)C1=C(C)N=c2sc(=Cc3ccsc3)c(=O)n2[C@@H]1c1ccc(C(C)C)cc1. The summed E-state index contributed by atoms with van der Waals surface area (Å²) in [6.07, 6.45) is 1.88. The van der Waals surface area contributed by atoms with Crippen LogP contribution >= 0.6 is 22.7 Å². The molecule has 0 aliphatic carbocycles. The van der Waals surface area contributed by atoms with Crippen molar-refractivity contribution in [2.75, 3.05) is 6.61 Å². The molecule has 2 aromatic heterocycles. The van der Waals surface area contributed by atoms with Gasteiger partial charge in [0.25, 0.3) is 5.56 Å². The first-order valence-electron chi connectivity index (χ1n) is 10.2. The number of carbonyl (C=O) groups excluding carboxylic acids is 1. The van der Waals surface area contributed by atoms with E-state index in [1.54, 1.807) is 29.8 Å². The highest BCUT2D eigenvalue weighted by molar-refractivity contribution is 7.08. The van der Waals surface area contributed by atoms with Crippen LogP contribution in [0.3, 0.4) is 0 Å². The average Bonchev–Trinajstić information content (AvgIpc) is 3.35. The van der Waals surface area contributed by atoms with Gasteiger partial charge in [0.15, 0.2) is 4.80 Å². The van der Waals surface area contributed by atoms with E-state index in [1.807, 2.05) is 35.0 Å². The minimum atomic E-state index is -0.568. The van der Waals surface area contributed by atoms with Crippen molar-refractivity contribution in [3.05, 3.63) is 88.7 Å². The molecule has 1 atom stereocenters. The number of nitrogens with zero attached hydrogens (tertiary/aromatic N) is 2. The number of allylic oxidation sites excluding steroid dienone is 1. The van der Waals surface area contributed by atoms with E-state index in [0.717, 1.165) is 11.1 Å². The molecule has 4 rings (SSSR count). The third kappa shape index (κ3) is 4.07. The molecule has 0 unspecified atom stereocenters. The molecule has 0 saturated heterocycles. The molecular weight excluding hydrogens is 428 g/mol. The lowest BCUT2D eigenvalue weighted by Crippen LogP contribution is -2.39. The number of aromatic nitrogens is 1. The van der Waals surface area contributed by atoms with Gasteiger partial charge in [0.1, 0.15) is 0 Å². The summed E-state index contributed by atoms with van der Waals surface area (Å²) < 4.78 is 7.56. The second kappa shape index (κ2) is 8.77. The molecule has 3 heterocycles. The van der Waals surface area contributed by atoms with Crippen molar-refractivity contribution in [1.82, 2.24) is 4.57 Å². The Hall–Kier alpha value is -2.77. The Morgan fingerprint density at radius 2 is 2.00 bits per heavy atom. The van der Waals surface area contributed by atoms with Crippen molar-refractivity contribution in [3.63, 3.8) is 0 Å². The molecule has 1 aliphatic rings. The summed E-state index contributed by atoms with van der Waals surface area (Å²) in [5, 5.41) is 3.97. The molecule has 0 saturated carbocycles. The summed E-state index contributed by atoms with van der Waals surface area (Å²) in [5.74, 6) is -0.0442. The molecule has 0 N–H and O–H groups in total. The minimum Gasteiger partial charge on any atom is -0.463 e. The quantitative estimate of drug-likeness (QED) is 0.550. The molecule has 160 valence electrons. The lowest BCUT2D eigenvalue weighted by Gasteiger charge is -2.25. The summed E-state index contributed by atoms with van der Waals surface area (Å²) in [5.41, 5.74) is 3.89. The van der Waals surface area contributed by atoms with Crippen LogP contribution < -0.4 is 14.9 Å². The maximum atomic E-state index is 13.4. The van der Waals surface area contributed by atoms with Crippen molar-refractivity contribution in [2.45, 2.75) is 39.7 Å². The van der Waals surface area contributed by atoms with Crippen LogP contribution in [-0.2, 0) is 9.53 Å². The number of rotatable bonds is 5. The Labute approximate surface area is 188 Å². The van der Waals surface area contributed by atoms with Crippen molar-refractivity contribution in [3.8, 4) is 0 Å². The van der Waals surface area contributed by atoms with E-state index in [0.29, 0.717) is 26.5 Å². The lowest BCUT2D eigenvalue weighted by atomic mass is 9.93. The maximum Gasteiger partial charge on any atom is 0.338 e. The third-order valence-electron chi connectivity index (χ3n) is 5.28. The highest BCUT2D eigenvalue weighted by atomic mass is 32.1. The molecule has 3 aromatic rings. The van der Waals surface area contributed by atoms with Crippen molar-refractivity contribution in [2.24, 2.45) is 4.99 Å². The summed E-state index contributed by atoms with van der Waals surface area (Å²) in [4.78, 5) is 31.5. The molecule has 0 amide bonds. The van der Waals surface area contributed by atoms with Crippen LogP contribution in [0.5, 0.6) is 0 Å². The lowest BCUT2D eigenvalue weighted by molar-refractivity contribution is -0.139. The molecule has 0 fully saturated rings. The van der Waals surface area contributed by atoms with Gasteiger partial charge in [-0.15, -0.1) is 0 Å². The van der Waals surface area contributed by atoms with Crippen molar-refractivity contribution >= 4 is 34.7 Å². The van der Waals surface area contributed by atoms with Crippen LogP contribution in [0.1, 0.15) is 56.3 Å². The smallest absolute Gasteiger partial charge is 0.338 e. The zero-order valence-electron chi connectivity index (χ0n) is 17.9. The van der Waals surface area contributed by atoms with E-state index in [-0.39, 0.29) is 12.2 Å². The van der Waals surface area contributed by atoms with Crippen LogP contribution in [0.25, 0.3) is 6.08 Å². The molecular formula is C24H24N2O3S2. The molecule has 7 heteroatoms. The van der Waals surface area contributed by atoms with E-state index in [1.165, 1.54) is 16.9 Å². The first kappa shape index (κ1) is 21.5. The Balaban J connectivity index is 1.94. The molecule has 31 heavy (non-hydrogen) atoms. The monoisotopic (exact) mass is 452 g/mol. The third-order valence-corrected chi connectivity index (χ3v) is 6.96. The molecule has 0 bridgehead atoms. The Kier molecular flexibility index (Phi) is 6.07. The molecule has 0 radical (unpaired) electrons. The summed E-state index contributed by atoms with van der Waals surface area (Å²) in [7, 11) is 0. The number of hydrogen-bond acceptors (Lipinski definition) is 6. The zero-order chi connectivity index (χ0) is 22.1. The predicted octanol–water partition coefficient (Wildman–Crippen LogP) is 3.98. The molecule has 5 nitrogen and oxygen atoms in total. The van der Waals surface area contributed by atoms with Gasteiger partial charge in [-0.3, -0.25) is 9.36 Å².